The monoisotopic (exact) mass is 901 g/mol. The summed E-state index contributed by atoms with van der Waals surface area (Å²) in [5.41, 5.74) is 12.9. The first-order chi connectivity index (χ1) is 35.8. The second-order valence-corrected chi connectivity index (χ2v) is 20.5. The third kappa shape index (κ3) is 8.93. The van der Waals surface area contributed by atoms with Crippen molar-refractivity contribution >= 4 is 11.0 Å². The smallest absolute Gasteiger partial charge is 0.149 e. The first kappa shape index (κ1) is 36.1. The molecular weight excluding hydrogens is 827 g/mol. The molecule has 0 aliphatic carbocycles. The van der Waals surface area contributed by atoms with Crippen LogP contribution < -0.4 is 0 Å². The molecular formula is C64H65N3O. The number of nitrogens with zero attached hydrogens (tertiary/aromatic N) is 3. The molecule has 0 radical (unpaired) electrons. The number of rotatable bonds is 9. The van der Waals surface area contributed by atoms with Crippen molar-refractivity contribution in [3.05, 3.63) is 191 Å². The van der Waals surface area contributed by atoms with Crippen molar-refractivity contribution in [3.8, 4) is 78.6 Å². The summed E-state index contributed by atoms with van der Waals surface area (Å²) in [6, 6.07) is 40.4. The van der Waals surface area contributed by atoms with Crippen LogP contribution in [0.25, 0.3) is 83.9 Å². The predicted octanol–water partition coefficient (Wildman–Crippen LogP) is 17.6. The molecule has 0 atom stereocenters. The number of aryl methyl sites for hydroxylation is 1. The zero-order valence-corrected chi connectivity index (χ0v) is 41.0. The summed E-state index contributed by atoms with van der Waals surface area (Å²) in [6.07, 6.45) is 1.55. The summed E-state index contributed by atoms with van der Waals surface area (Å²) in [4.78, 5) is 10.4. The van der Waals surface area contributed by atoms with E-state index in [1.807, 2.05) is 48.5 Å². The van der Waals surface area contributed by atoms with Gasteiger partial charge in [-0.2, -0.15) is 0 Å². The van der Waals surface area contributed by atoms with Gasteiger partial charge in [0.05, 0.1) is 33.5 Å². The van der Waals surface area contributed by atoms with Crippen LogP contribution in [0.5, 0.6) is 5.75 Å². The van der Waals surface area contributed by atoms with Gasteiger partial charge in [-0.3, -0.25) is 9.55 Å². The molecule has 0 aliphatic rings. The second-order valence-electron chi connectivity index (χ2n) is 20.5. The molecule has 9 rings (SSSR count). The quantitative estimate of drug-likeness (QED) is 0.157. The molecule has 0 fully saturated rings. The molecule has 0 aliphatic heterocycles. The van der Waals surface area contributed by atoms with Crippen LogP contribution in [0.2, 0.25) is 0 Å². The summed E-state index contributed by atoms with van der Waals surface area (Å²) in [6.45, 7) is 19.3. The summed E-state index contributed by atoms with van der Waals surface area (Å²) in [5, 5.41) is 12.6. The maximum Gasteiger partial charge on any atom is 0.149 e. The van der Waals surface area contributed by atoms with Crippen LogP contribution in [0, 0.1) is 13.8 Å². The highest BCUT2D eigenvalue weighted by atomic mass is 16.3. The number of aromatic nitrogens is 3. The molecule has 342 valence electrons. The average molecular weight is 901 g/mol. The topological polar surface area (TPSA) is 50.9 Å². The molecule has 0 bridgehead atoms. The van der Waals surface area contributed by atoms with E-state index in [0.29, 0.717) is 44.9 Å². The van der Waals surface area contributed by atoms with Crippen molar-refractivity contribution in [2.24, 2.45) is 0 Å². The highest BCUT2D eigenvalue weighted by Gasteiger charge is 2.27. The molecule has 0 saturated heterocycles. The Kier molecular flexibility index (Phi) is 9.48. The summed E-state index contributed by atoms with van der Waals surface area (Å²) >= 11 is 0. The maximum absolute atomic E-state index is 12.6. The molecule has 0 amide bonds. The third-order valence-corrected chi connectivity index (χ3v) is 13.0. The minimum atomic E-state index is -2.84. The van der Waals surface area contributed by atoms with Crippen LogP contribution in [0.1, 0.15) is 127 Å². The number of para-hydroxylation sites is 1. The van der Waals surface area contributed by atoms with Crippen LogP contribution in [0.4, 0.5) is 0 Å². The normalized spacial score (nSPS) is 14.5. The Labute approximate surface area is 417 Å². The van der Waals surface area contributed by atoms with Gasteiger partial charge in [-0.1, -0.05) is 178 Å². The molecule has 4 nitrogen and oxygen atoms in total. The minimum absolute atomic E-state index is 0.0189. The molecule has 0 saturated carbocycles. The van der Waals surface area contributed by atoms with Crippen LogP contribution in [-0.4, -0.2) is 19.6 Å². The number of hydrogen-bond donors (Lipinski definition) is 1. The van der Waals surface area contributed by atoms with Gasteiger partial charge in [0, 0.05) is 29.7 Å². The van der Waals surface area contributed by atoms with E-state index in [0.717, 1.165) is 55.7 Å². The molecule has 7 aromatic carbocycles. The van der Waals surface area contributed by atoms with Crippen molar-refractivity contribution < 1.29 is 17.4 Å². The zero-order valence-electron chi connectivity index (χ0n) is 50.0. The Bertz CT molecular complexity index is 3750. The lowest BCUT2D eigenvalue weighted by atomic mass is 9.83. The van der Waals surface area contributed by atoms with Gasteiger partial charge in [-0.15, -0.1) is 0 Å². The van der Waals surface area contributed by atoms with E-state index >= 15 is 0 Å². The average Bonchev–Trinajstić information content (AvgIpc) is 3.83. The van der Waals surface area contributed by atoms with E-state index in [4.69, 9.17) is 19.6 Å². The van der Waals surface area contributed by atoms with Crippen molar-refractivity contribution in [2.45, 2.75) is 106 Å². The Morgan fingerprint density at radius 3 is 1.94 bits per heavy atom. The molecule has 0 spiro atoms. The van der Waals surface area contributed by atoms with E-state index < -0.39 is 48.4 Å². The highest BCUT2D eigenvalue weighted by molar-refractivity contribution is 5.98. The predicted molar refractivity (Wildman–Crippen MR) is 288 cm³/mol. The largest absolute Gasteiger partial charge is 0.507 e. The van der Waals surface area contributed by atoms with Gasteiger partial charge in [-0.25, -0.2) is 4.98 Å². The number of aromatic hydroxyl groups is 1. The second kappa shape index (κ2) is 17.9. The van der Waals surface area contributed by atoms with E-state index in [9.17, 15) is 7.85 Å². The van der Waals surface area contributed by atoms with Crippen molar-refractivity contribution in [1.29, 1.82) is 0 Å². The van der Waals surface area contributed by atoms with Crippen LogP contribution >= 0.6 is 0 Å². The Balaban J connectivity index is 1.35. The first-order valence-electron chi connectivity index (χ1n) is 27.8. The standard InChI is InChI=1S/C64H65N3O/c1-39(2)47-35-53(40(3)4)61(68)56(36-47)62-66-60-52(48-32-49(34-51(33-48)64(10,11)12)57-37-46(29-30-65-57)43-23-21-41(5)22-24-43)19-16-20-58(60)67(62)59-31-42(6)54(38-55(59)44-17-14-13-15-18-44)45-25-27-50(28-26-45)63(7,8)9/h13-40,68H,1-12H3/i5D3,21D,22D,23D,24D,39D,40D. The Morgan fingerprint density at radius 1 is 0.588 bits per heavy atom. The third-order valence-electron chi connectivity index (χ3n) is 13.0. The lowest BCUT2D eigenvalue weighted by molar-refractivity contribution is 0.466. The Hall–Kier alpha value is -7.04. The molecule has 4 heteroatoms. The number of pyridine rings is 1. The number of phenols is 1. The molecule has 0 unspecified atom stereocenters. The molecule has 2 heterocycles. The fourth-order valence-electron chi connectivity index (χ4n) is 8.98. The molecule has 9 aromatic rings. The fourth-order valence-corrected chi connectivity index (χ4v) is 8.98. The van der Waals surface area contributed by atoms with Crippen molar-refractivity contribution in [1.82, 2.24) is 14.5 Å². The van der Waals surface area contributed by atoms with Crippen LogP contribution in [0.15, 0.2) is 158 Å². The minimum Gasteiger partial charge on any atom is -0.507 e. The van der Waals surface area contributed by atoms with Crippen LogP contribution in [-0.2, 0) is 10.8 Å². The SMILES string of the molecule is [2H]c1c([2H])c(C([2H])([2H])[2H])c([2H])c([2H])c1-c1ccnc(-c2cc(-c3cccc4c3nc(-c3cc(C([2H])(C)C)cc(C([2H])(C)C)c3O)n4-c3cc(C)c(-c4ccc(C(C)(C)C)cc4)cc3-c3ccccc3)cc(C(C)(C)C)c2)c1. The first-order valence-corrected chi connectivity index (χ1v) is 23.3. The van der Waals surface area contributed by atoms with E-state index in [1.165, 1.54) is 5.56 Å². The van der Waals surface area contributed by atoms with Crippen molar-refractivity contribution in [3.63, 3.8) is 0 Å². The lowest BCUT2D eigenvalue weighted by Crippen LogP contribution is -2.11. The molecule has 1 N–H and O–H groups in total. The van der Waals surface area contributed by atoms with E-state index in [-0.39, 0.29) is 22.1 Å². The summed E-state index contributed by atoms with van der Waals surface area (Å²) in [7, 11) is 0. The Morgan fingerprint density at radius 2 is 1.28 bits per heavy atom. The van der Waals surface area contributed by atoms with Gasteiger partial charge in [0.1, 0.15) is 11.6 Å². The maximum atomic E-state index is 12.6. The van der Waals surface area contributed by atoms with E-state index in [2.05, 4.69) is 114 Å². The molecule has 68 heavy (non-hydrogen) atoms. The van der Waals surface area contributed by atoms with Gasteiger partial charge in [0.2, 0.25) is 0 Å². The number of benzene rings is 7. The molecule has 2 aromatic heterocycles. The number of phenolic OH excluding ortho intramolecular Hbond substituents is 1. The van der Waals surface area contributed by atoms with E-state index in [1.54, 1.807) is 52.1 Å². The van der Waals surface area contributed by atoms with Gasteiger partial charge in [0.25, 0.3) is 0 Å². The fraction of sp³-hybridized carbons (Fsp3) is 0.250. The van der Waals surface area contributed by atoms with Gasteiger partial charge >= 0.3 is 0 Å². The summed E-state index contributed by atoms with van der Waals surface area (Å²) < 4.78 is 79.5. The number of hydrogen-bond acceptors (Lipinski definition) is 3. The van der Waals surface area contributed by atoms with Gasteiger partial charge in [0.15, 0.2) is 0 Å². The van der Waals surface area contributed by atoms with Gasteiger partial charge < -0.3 is 5.11 Å². The number of imidazole rings is 1. The lowest BCUT2D eigenvalue weighted by Gasteiger charge is -2.22. The van der Waals surface area contributed by atoms with Gasteiger partial charge in [-0.05, 0) is 146 Å². The number of fused-ring (bicyclic) bond motifs is 1. The summed E-state index contributed by atoms with van der Waals surface area (Å²) in [5.74, 6) is -2.02. The highest BCUT2D eigenvalue weighted by Crippen LogP contribution is 2.45. The van der Waals surface area contributed by atoms with Crippen LogP contribution in [0.3, 0.4) is 0 Å². The zero-order chi connectivity index (χ0) is 56.1. The van der Waals surface area contributed by atoms with Crippen molar-refractivity contribution in [2.75, 3.05) is 0 Å².